The summed E-state index contributed by atoms with van der Waals surface area (Å²) in [6.45, 7) is 4.67. The van der Waals surface area contributed by atoms with Crippen LogP contribution in [-0.2, 0) is 9.59 Å². The average Bonchev–Trinajstić information content (AvgIpc) is 3.28. The maximum atomic E-state index is 12.3. The van der Waals surface area contributed by atoms with Crippen molar-refractivity contribution in [1.82, 2.24) is 15.1 Å². The fourth-order valence-electron chi connectivity index (χ4n) is 3.32. The summed E-state index contributed by atoms with van der Waals surface area (Å²) in [7, 11) is 0. The number of nitrogens with one attached hydrogen (secondary N) is 1. The van der Waals surface area contributed by atoms with Crippen LogP contribution in [-0.4, -0.2) is 58.8 Å². The largest absolute Gasteiger partial charge is 0.411 e. The highest BCUT2D eigenvalue weighted by molar-refractivity contribution is 7.99. The zero-order valence-corrected chi connectivity index (χ0v) is 18.0. The smallest absolute Gasteiger partial charge is 0.277 e. The van der Waals surface area contributed by atoms with E-state index in [1.165, 1.54) is 11.8 Å². The molecule has 8 nitrogen and oxygen atoms in total. The van der Waals surface area contributed by atoms with Gasteiger partial charge in [0.2, 0.25) is 17.7 Å². The minimum Gasteiger partial charge on any atom is -0.411 e. The van der Waals surface area contributed by atoms with Crippen LogP contribution < -0.4 is 10.2 Å². The number of hydrogen-bond donors (Lipinski definition) is 1. The summed E-state index contributed by atoms with van der Waals surface area (Å²) in [6, 6.07) is 17.2. The topological polar surface area (TPSA) is 91.6 Å². The molecule has 1 saturated heterocycles. The first-order valence-corrected chi connectivity index (χ1v) is 11.0. The van der Waals surface area contributed by atoms with Crippen LogP contribution in [0.25, 0.3) is 11.5 Å². The Morgan fingerprint density at radius 1 is 1.00 bits per heavy atom. The molecule has 1 aromatic heterocycles. The highest BCUT2D eigenvalue weighted by Gasteiger charge is 2.18. The Morgan fingerprint density at radius 3 is 2.39 bits per heavy atom. The molecule has 0 spiro atoms. The van der Waals surface area contributed by atoms with E-state index in [1.54, 1.807) is 6.92 Å². The Bertz CT molecular complexity index is 1030. The van der Waals surface area contributed by atoms with E-state index in [0.29, 0.717) is 11.1 Å². The van der Waals surface area contributed by atoms with Crippen molar-refractivity contribution in [2.75, 3.05) is 42.1 Å². The molecule has 0 radical (unpaired) electrons. The van der Waals surface area contributed by atoms with E-state index in [1.807, 2.05) is 59.5 Å². The lowest BCUT2D eigenvalue weighted by molar-refractivity contribution is -0.129. The van der Waals surface area contributed by atoms with Gasteiger partial charge < -0.3 is 19.5 Å². The predicted molar refractivity (Wildman–Crippen MR) is 120 cm³/mol. The van der Waals surface area contributed by atoms with Crippen molar-refractivity contribution in [3.63, 3.8) is 0 Å². The number of carbonyl (C=O) groups excluding carboxylic acids is 2. The lowest BCUT2D eigenvalue weighted by Gasteiger charge is -2.35. The Kier molecular flexibility index (Phi) is 6.51. The van der Waals surface area contributed by atoms with E-state index in [9.17, 15) is 9.59 Å². The lowest BCUT2D eigenvalue weighted by atomic mass is 10.2. The molecule has 3 aromatic rings. The average molecular weight is 438 g/mol. The molecule has 1 N–H and O–H groups in total. The molecule has 4 rings (SSSR count). The summed E-state index contributed by atoms with van der Waals surface area (Å²) in [4.78, 5) is 27.8. The number of rotatable bonds is 6. The van der Waals surface area contributed by atoms with Gasteiger partial charge in [-0.15, -0.1) is 10.2 Å². The van der Waals surface area contributed by atoms with Crippen molar-refractivity contribution in [3.8, 4) is 11.5 Å². The summed E-state index contributed by atoms with van der Waals surface area (Å²) in [5.41, 5.74) is 2.65. The van der Waals surface area contributed by atoms with Crippen LogP contribution in [0.5, 0.6) is 0 Å². The summed E-state index contributed by atoms with van der Waals surface area (Å²) < 4.78 is 5.61. The van der Waals surface area contributed by atoms with Gasteiger partial charge in [-0.05, 0) is 36.4 Å². The first kappa shape index (κ1) is 20.9. The van der Waals surface area contributed by atoms with Gasteiger partial charge in [0.1, 0.15) is 0 Å². The number of piperazine rings is 1. The Labute approximate surface area is 184 Å². The molecule has 2 heterocycles. The van der Waals surface area contributed by atoms with Crippen LogP contribution in [0.2, 0.25) is 0 Å². The number of aromatic nitrogens is 2. The number of nitrogens with zero attached hydrogens (tertiary/aromatic N) is 4. The highest BCUT2D eigenvalue weighted by atomic mass is 32.2. The standard InChI is InChI=1S/C22H23N5O3S/c1-16(28)26-11-13-27(14-12-26)19-9-7-18(8-10-19)23-20(29)15-31-22-25-24-21(30-22)17-5-3-2-4-6-17/h2-10H,11-15H2,1H3,(H,23,29). The summed E-state index contributed by atoms with van der Waals surface area (Å²) >= 11 is 1.20. The normalized spacial score (nSPS) is 13.8. The maximum absolute atomic E-state index is 12.3. The van der Waals surface area contributed by atoms with Crippen molar-refractivity contribution >= 4 is 35.0 Å². The summed E-state index contributed by atoms with van der Waals surface area (Å²) in [5.74, 6) is 0.577. The Balaban J connectivity index is 1.26. The number of carbonyl (C=O) groups is 2. The highest BCUT2D eigenvalue weighted by Crippen LogP contribution is 2.23. The molecule has 31 heavy (non-hydrogen) atoms. The van der Waals surface area contributed by atoms with Gasteiger partial charge >= 0.3 is 0 Å². The van der Waals surface area contributed by atoms with Gasteiger partial charge in [0.05, 0.1) is 5.75 Å². The zero-order valence-electron chi connectivity index (χ0n) is 17.2. The van der Waals surface area contributed by atoms with Crippen molar-refractivity contribution in [2.24, 2.45) is 0 Å². The second-order valence-electron chi connectivity index (χ2n) is 7.12. The van der Waals surface area contributed by atoms with E-state index in [2.05, 4.69) is 20.4 Å². The second kappa shape index (κ2) is 9.65. The van der Waals surface area contributed by atoms with Gasteiger partial charge in [-0.3, -0.25) is 9.59 Å². The predicted octanol–water partition coefficient (Wildman–Crippen LogP) is 3.14. The third kappa shape index (κ3) is 5.43. The van der Waals surface area contributed by atoms with Crippen molar-refractivity contribution in [1.29, 1.82) is 0 Å². The van der Waals surface area contributed by atoms with Gasteiger partial charge in [-0.2, -0.15) is 0 Å². The minimum atomic E-state index is -0.146. The third-order valence-corrected chi connectivity index (χ3v) is 5.81. The second-order valence-corrected chi connectivity index (χ2v) is 8.04. The van der Waals surface area contributed by atoms with Gasteiger partial charge in [-0.25, -0.2) is 0 Å². The van der Waals surface area contributed by atoms with E-state index in [0.717, 1.165) is 43.1 Å². The van der Waals surface area contributed by atoms with Crippen LogP contribution in [0.4, 0.5) is 11.4 Å². The maximum Gasteiger partial charge on any atom is 0.277 e. The van der Waals surface area contributed by atoms with E-state index < -0.39 is 0 Å². The fraction of sp³-hybridized carbons (Fsp3) is 0.273. The van der Waals surface area contributed by atoms with E-state index in [-0.39, 0.29) is 17.6 Å². The molecule has 2 aromatic carbocycles. The van der Waals surface area contributed by atoms with Crippen LogP contribution >= 0.6 is 11.8 Å². The van der Waals surface area contributed by atoms with Gasteiger partial charge in [0.25, 0.3) is 5.22 Å². The SMILES string of the molecule is CC(=O)N1CCN(c2ccc(NC(=O)CSc3nnc(-c4ccccc4)o3)cc2)CC1. The molecule has 1 aliphatic heterocycles. The molecule has 2 amide bonds. The number of amides is 2. The number of hydrogen-bond acceptors (Lipinski definition) is 7. The molecule has 1 fully saturated rings. The van der Waals surface area contributed by atoms with Gasteiger partial charge in [0.15, 0.2) is 0 Å². The third-order valence-electron chi connectivity index (χ3n) is 5.00. The lowest BCUT2D eigenvalue weighted by Crippen LogP contribution is -2.48. The molecule has 0 saturated carbocycles. The quantitative estimate of drug-likeness (QED) is 0.593. The molecule has 0 atom stereocenters. The summed E-state index contributed by atoms with van der Waals surface area (Å²) in [5, 5.41) is 11.2. The molecular formula is C22H23N5O3S. The Hall–Kier alpha value is -3.33. The molecule has 0 bridgehead atoms. The minimum absolute atomic E-state index is 0.118. The van der Waals surface area contributed by atoms with Crippen molar-refractivity contribution in [3.05, 3.63) is 54.6 Å². The van der Waals surface area contributed by atoms with Crippen LogP contribution in [0.3, 0.4) is 0 Å². The molecule has 0 aliphatic carbocycles. The molecule has 0 unspecified atom stereocenters. The molecular weight excluding hydrogens is 414 g/mol. The molecule has 160 valence electrons. The first-order valence-electron chi connectivity index (χ1n) is 10.0. The number of thioether (sulfide) groups is 1. The number of benzene rings is 2. The van der Waals surface area contributed by atoms with E-state index >= 15 is 0 Å². The molecule has 1 aliphatic rings. The van der Waals surface area contributed by atoms with E-state index in [4.69, 9.17) is 4.42 Å². The van der Waals surface area contributed by atoms with Crippen LogP contribution in [0.15, 0.2) is 64.2 Å². The van der Waals surface area contributed by atoms with Crippen molar-refractivity contribution in [2.45, 2.75) is 12.1 Å². The summed E-state index contributed by atoms with van der Waals surface area (Å²) in [6.07, 6.45) is 0. The van der Waals surface area contributed by atoms with Gasteiger partial charge in [-0.1, -0.05) is 30.0 Å². The Morgan fingerprint density at radius 2 is 1.71 bits per heavy atom. The monoisotopic (exact) mass is 437 g/mol. The first-order chi connectivity index (χ1) is 15.1. The number of anilines is 2. The van der Waals surface area contributed by atoms with Gasteiger partial charge in [0, 0.05) is 50.0 Å². The zero-order chi connectivity index (χ0) is 21.6. The van der Waals surface area contributed by atoms with Crippen LogP contribution in [0.1, 0.15) is 6.92 Å². The molecule has 9 heteroatoms. The fourth-order valence-corrected chi connectivity index (χ4v) is 3.89. The van der Waals surface area contributed by atoms with Crippen molar-refractivity contribution < 1.29 is 14.0 Å². The van der Waals surface area contributed by atoms with Crippen LogP contribution in [0, 0.1) is 0 Å².